The monoisotopic (exact) mass is 326 g/mol. The van der Waals surface area contributed by atoms with Gasteiger partial charge in [0.25, 0.3) is 0 Å². The number of carbonyl (C=O) groups is 1. The summed E-state index contributed by atoms with van der Waals surface area (Å²) in [6, 6.07) is 1.88. The Hall–Kier alpha value is -2.74. The number of nitrogens with zero attached hydrogens (tertiary/aromatic N) is 4. The van der Waals surface area contributed by atoms with E-state index in [1.165, 1.54) is 12.4 Å². The van der Waals surface area contributed by atoms with Gasteiger partial charge in [-0.25, -0.2) is 15.0 Å². The van der Waals surface area contributed by atoms with Gasteiger partial charge in [-0.1, -0.05) is 6.58 Å². The van der Waals surface area contributed by atoms with E-state index in [0.29, 0.717) is 13.1 Å². The maximum absolute atomic E-state index is 12.0. The summed E-state index contributed by atoms with van der Waals surface area (Å²) in [6.45, 7) is 4.64. The first-order valence-electron chi connectivity index (χ1n) is 7.14. The van der Waals surface area contributed by atoms with Gasteiger partial charge in [0.1, 0.15) is 17.8 Å². The maximum Gasteiger partial charge on any atom is 0.246 e. The van der Waals surface area contributed by atoms with E-state index >= 15 is 0 Å². The second-order valence-electron chi connectivity index (χ2n) is 5.25. The van der Waals surface area contributed by atoms with E-state index in [9.17, 15) is 4.79 Å². The Kier molecular flexibility index (Phi) is 3.30. The predicted octanol–water partition coefficient (Wildman–Crippen LogP) is 2.10. The molecule has 23 heavy (non-hydrogen) atoms. The third-order valence-electron chi connectivity index (χ3n) is 3.88. The molecule has 8 heteroatoms. The summed E-state index contributed by atoms with van der Waals surface area (Å²) < 4.78 is 0. The lowest BCUT2D eigenvalue weighted by Gasteiger charge is -2.32. The number of rotatable bonds is 3. The van der Waals surface area contributed by atoms with Crippen LogP contribution in [0.1, 0.15) is 16.6 Å². The molecule has 0 unspecified atom stereocenters. The van der Waals surface area contributed by atoms with Gasteiger partial charge in [-0.15, -0.1) is 11.3 Å². The van der Waals surface area contributed by atoms with Crippen LogP contribution in [0.25, 0.3) is 11.0 Å². The molecule has 0 radical (unpaired) electrons. The number of nitrogens with one attached hydrogen (secondary N) is 2. The number of anilines is 1. The minimum atomic E-state index is -0.0927. The van der Waals surface area contributed by atoms with Gasteiger partial charge >= 0.3 is 0 Å². The van der Waals surface area contributed by atoms with E-state index in [1.54, 1.807) is 16.2 Å². The van der Waals surface area contributed by atoms with Crippen LogP contribution in [0.4, 0.5) is 5.82 Å². The molecule has 1 aliphatic heterocycles. The van der Waals surface area contributed by atoms with Crippen LogP contribution in [0, 0.1) is 0 Å². The van der Waals surface area contributed by atoms with Crippen molar-refractivity contribution in [2.75, 3.05) is 11.9 Å². The second kappa shape index (κ2) is 5.47. The molecule has 0 bridgehead atoms. The van der Waals surface area contributed by atoms with Gasteiger partial charge in [-0.2, -0.15) is 0 Å². The molecule has 0 fully saturated rings. The number of aromatic amines is 1. The van der Waals surface area contributed by atoms with Gasteiger partial charge in [-0.05, 0) is 12.1 Å². The Morgan fingerprint density at radius 3 is 3.26 bits per heavy atom. The zero-order chi connectivity index (χ0) is 15.8. The molecule has 7 nitrogen and oxygen atoms in total. The number of thiazole rings is 1. The van der Waals surface area contributed by atoms with Crippen molar-refractivity contribution in [3.05, 3.63) is 47.3 Å². The fourth-order valence-corrected chi connectivity index (χ4v) is 3.63. The number of carbonyl (C=O) groups excluding carboxylic acids is 1. The van der Waals surface area contributed by atoms with E-state index in [2.05, 4.69) is 31.8 Å². The van der Waals surface area contributed by atoms with Crippen LogP contribution in [-0.2, 0) is 11.3 Å². The summed E-state index contributed by atoms with van der Waals surface area (Å²) in [5.74, 6) is 0.651. The summed E-state index contributed by atoms with van der Waals surface area (Å²) in [5.41, 5.74) is 3.52. The molecule has 0 aromatic carbocycles. The molecule has 0 saturated heterocycles. The molecule has 3 aromatic heterocycles. The number of aromatic nitrogens is 4. The first-order valence-corrected chi connectivity index (χ1v) is 8.02. The molecule has 4 rings (SSSR count). The highest BCUT2D eigenvalue weighted by Crippen LogP contribution is 2.33. The molecule has 0 saturated carbocycles. The smallest absolute Gasteiger partial charge is 0.246 e. The van der Waals surface area contributed by atoms with Gasteiger partial charge in [0, 0.05) is 12.7 Å². The molecule has 0 aliphatic carbocycles. The quantitative estimate of drug-likeness (QED) is 0.720. The van der Waals surface area contributed by atoms with Crippen LogP contribution >= 0.6 is 11.3 Å². The predicted molar refractivity (Wildman–Crippen MR) is 88.0 cm³/mol. The molecule has 1 atom stereocenters. The Balaban J connectivity index is 1.69. The number of hydrogen-bond donors (Lipinski definition) is 2. The van der Waals surface area contributed by atoms with Gasteiger partial charge in [0.2, 0.25) is 5.91 Å². The van der Waals surface area contributed by atoms with Gasteiger partial charge in [0.05, 0.1) is 34.1 Å². The fourth-order valence-electron chi connectivity index (χ4n) is 2.79. The zero-order valence-corrected chi connectivity index (χ0v) is 13.0. The highest BCUT2D eigenvalue weighted by Gasteiger charge is 2.30. The Morgan fingerprint density at radius 1 is 1.48 bits per heavy atom. The zero-order valence-electron chi connectivity index (χ0n) is 12.2. The summed E-state index contributed by atoms with van der Waals surface area (Å²) in [4.78, 5) is 30.8. The lowest BCUT2D eigenvalue weighted by Crippen LogP contribution is -2.39. The largest absolute Gasteiger partial charge is 0.360 e. The highest BCUT2D eigenvalue weighted by molar-refractivity contribution is 7.09. The first-order chi connectivity index (χ1) is 11.3. The summed E-state index contributed by atoms with van der Waals surface area (Å²) >= 11 is 1.59. The van der Waals surface area contributed by atoms with Crippen LogP contribution in [0.3, 0.4) is 0 Å². The van der Waals surface area contributed by atoms with Crippen LogP contribution in [0.15, 0.2) is 36.8 Å². The first kappa shape index (κ1) is 13.9. The van der Waals surface area contributed by atoms with Crippen molar-refractivity contribution in [3.63, 3.8) is 0 Å². The molecule has 1 amide bonds. The average Bonchev–Trinajstić information content (AvgIpc) is 3.23. The normalized spacial score (nSPS) is 17.0. The summed E-state index contributed by atoms with van der Waals surface area (Å²) in [7, 11) is 0. The molecular formula is C15H14N6OS. The fraction of sp³-hybridized carbons (Fsp3) is 0.200. The summed E-state index contributed by atoms with van der Waals surface area (Å²) in [5, 5.41) is 4.35. The highest BCUT2D eigenvalue weighted by atomic mass is 32.1. The summed E-state index contributed by atoms with van der Waals surface area (Å²) in [6.07, 6.45) is 4.69. The van der Waals surface area contributed by atoms with E-state index < -0.39 is 0 Å². The minimum Gasteiger partial charge on any atom is -0.360 e. The molecular weight excluding hydrogens is 312 g/mol. The van der Waals surface area contributed by atoms with E-state index in [0.717, 1.165) is 27.4 Å². The third kappa shape index (κ3) is 2.36. The van der Waals surface area contributed by atoms with E-state index in [-0.39, 0.29) is 11.9 Å². The number of hydrogen-bond acceptors (Lipinski definition) is 6. The van der Waals surface area contributed by atoms with Crippen molar-refractivity contribution in [3.8, 4) is 0 Å². The Labute approximate surface area is 136 Å². The molecule has 2 N–H and O–H groups in total. The Morgan fingerprint density at radius 2 is 2.39 bits per heavy atom. The van der Waals surface area contributed by atoms with Crippen molar-refractivity contribution < 1.29 is 4.79 Å². The van der Waals surface area contributed by atoms with Gasteiger partial charge in [0.15, 0.2) is 0 Å². The average molecular weight is 326 g/mol. The van der Waals surface area contributed by atoms with Gasteiger partial charge < -0.3 is 15.2 Å². The van der Waals surface area contributed by atoms with Crippen LogP contribution in [0.5, 0.6) is 0 Å². The third-order valence-corrected chi connectivity index (χ3v) is 4.87. The van der Waals surface area contributed by atoms with Crippen molar-refractivity contribution in [1.82, 2.24) is 24.8 Å². The molecule has 1 aliphatic rings. The van der Waals surface area contributed by atoms with Crippen LogP contribution in [0.2, 0.25) is 0 Å². The molecule has 0 spiro atoms. The maximum atomic E-state index is 12.0. The van der Waals surface area contributed by atoms with E-state index in [4.69, 9.17) is 0 Å². The van der Waals surface area contributed by atoms with Gasteiger partial charge in [-0.3, -0.25) is 4.79 Å². The van der Waals surface area contributed by atoms with E-state index in [1.807, 2.05) is 17.8 Å². The lowest BCUT2D eigenvalue weighted by molar-refractivity contribution is -0.127. The van der Waals surface area contributed by atoms with Crippen molar-refractivity contribution >= 4 is 34.1 Å². The van der Waals surface area contributed by atoms with Crippen molar-refractivity contribution in [2.45, 2.75) is 12.6 Å². The van der Waals surface area contributed by atoms with Crippen molar-refractivity contribution in [2.24, 2.45) is 0 Å². The second-order valence-corrected chi connectivity index (χ2v) is 6.13. The topological polar surface area (TPSA) is 86.8 Å². The Bertz CT molecular complexity index is 885. The molecule has 116 valence electrons. The number of amides is 1. The number of H-pyrrole nitrogens is 1. The van der Waals surface area contributed by atoms with Crippen molar-refractivity contribution in [1.29, 1.82) is 0 Å². The standard InChI is InChI=1S/C15H14N6OS/c1-2-12(22)21-5-10-13(23-8-19-10)11(6-21)20-15-9-3-4-16-14(9)17-7-18-15/h2-4,7-8,11H,1,5-6H2,(H2,16,17,18,20)/t11-/m0/s1. The molecule has 4 heterocycles. The van der Waals surface area contributed by atoms with Crippen LogP contribution < -0.4 is 5.32 Å². The van der Waals surface area contributed by atoms with Crippen LogP contribution in [-0.4, -0.2) is 37.3 Å². The SMILES string of the molecule is C=CC(=O)N1Cc2ncsc2[C@@H](Nc2ncnc3[nH]ccc23)C1. The lowest BCUT2D eigenvalue weighted by atomic mass is 10.1. The minimum absolute atomic E-state index is 0.0526. The number of fused-ring (bicyclic) bond motifs is 2. The molecule has 3 aromatic rings.